The second kappa shape index (κ2) is 5.51. The van der Waals surface area contributed by atoms with Crippen LogP contribution < -0.4 is 5.32 Å². The van der Waals surface area contributed by atoms with Crippen LogP contribution in [0.1, 0.15) is 18.1 Å². The lowest BCUT2D eigenvalue weighted by Gasteiger charge is -2.04. The largest absolute Gasteiger partial charge is 0.456 e. The minimum atomic E-state index is 0.892. The topological polar surface area (TPSA) is 25.2 Å². The van der Waals surface area contributed by atoms with Gasteiger partial charge in [0.1, 0.15) is 11.3 Å². The van der Waals surface area contributed by atoms with Gasteiger partial charge in [0.05, 0.1) is 0 Å². The number of nitrogens with one attached hydrogen (secondary N) is 1. The zero-order valence-electron chi connectivity index (χ0n) is 11.9. The average molecular weight is 265 g/mol. The molecule has 0 bridgehead atoms. The zero-order chi connectivity index (χ0) is 13.9. The van der Waals surface area contributed by atoms with Crippen molar-refractivity contribution >= 4 is 11.0 Å². The SMILES string of the molecule is CCNCc1cccc(-c2cc3cccc(C)c3o2)c1. The number of benzene rings is 2. The van der Waals surface area contributed by atoms with Crippen molar-refractivity contribution < 1.29 is 4.42 Å². The number of furan rings is 1. The standard InChI is InChI=1S/C18H19NO/c1-3-19-12-14-7-5-8-15(10-14)17-11-16-9-4-6-13(2)18(16)20-17/h4-11,19H,3,12H2,1-2H3. The van der Waals surface area contributed by atoms with Crippen molar-refractivity contribution in [3.63, 3.8) is 0 Å². The van der Waals surface area contributed by atoms with E-state index in [4.69, 9.17) is 4.42 Å². The molecular formula is C18H19NO. The Morgan fingerprint density at radius 3 is 2.70 bits per heavy atom. The molecule has 1 aromatic heterocycles. The van der Waals surface area contributed by atoms with Crippen LogP contribution in [-0.2, 0) is 6.54 Å². The van der Waals surface area contributed by atoms with Crippen molar-refractivity contribution in [1.29, 1.82) is 0 Å². The van der Waals surface area contributed by atoms with Gasteiger partial charge in [-0.05, 0) is 36.7 Å². The highest BCUT2D eigenvalue weighted by Crippen LogP contribution is 2.29. The molecule has 2 heteroatoms. The van der Waals surface area contributed by atoms with Crippen LogP contribution in [0.3, 0.4) is 0 Å². The fourth-order valence-electron chi connectivity index (χ4n) is 2.46. The highest BCUT2D eigenvalue weighted by Gasteiger charge is 2.08. The minimum absolute atomic E-state index is 0.892. The Hall–Kier alpha value is -2.06. The van der Waals surface area contributed by atoms with Gasteiger partial charge in [0.15, 0.2) is 0 Å². The van der Waals surface area contributed by atoms with E-state index >= 15 is 0 Å². The monoisotopic (exact) mass is 265 g/mol. The second-order valence-electron chi connectivity index (χ2n) is 5.08. The maximum atomic E-state index is 6.02. The Morgan fingerprint density at radius 1 is 1.05 bits per heavy atom. The highest BCUT2D eigenvalue weighted by atomic mass is 16.3. The molecule has 2 aromatic carbocycles. The summed E-state index contributed by atoms with van der Waals surface area (Å²) in [6.07, 6.45) is 0. The summed E-state index contributed by atoms with van der Waals surface area (Å²) in [5, 5.41) is 4.51. The number of para-hydroxylation sites is 1. The van der Waals surface area contributed by atoms with Crippen LogP contribution in [0.25, 0.3) is 22.3 Å². The van der Waals surface area contributed by atoms with Crippen molar-refractivity contribution in [3.05, 3.63) is 59.7 Å². The molecule has 0 fully saturated rings. The van der Waals surface area contributed by atoms with E-state index in [1.165, 1.54) is 11.1 Å². The minimum Gasteiger partial charge on any atom is -0.456 e. The first-order chi connectivity index (χ1) is 9.78. The molecule has 0 aliphatic rings. The van der Waals surface area contributed by atoms with Gasteiger partial charge in [-0.15, -0.1) is 0 Å². The maximum Gasteiger partial charge on any atom is 0.137 e. The van der Waals surface area contributed by atoms with E-state index in [1.807, 2.05) is 0 Å². The third-order valence-corrected chi connectivity index (χ3v) is 3.53. The fourth-order valence-corrected chi connectivity index (χ4v) is 2.46. The Kier molecular flexibility index (Phi) is 3.57. The smallest absolute Gasteiger partial charge is 0.137 e. The van der Waals surface area contributed by atoms with Crippen molar-refractivity contribution in [2.45, 2.75) is 20.4 Å². The molecule has 102 valence electrons. The molecule has 1 N–H and O–H groups in total. The van der Waals surface area contributed by atoms with E-state index in [0.717, 1.165) is 35.4 Å². The van der Waals surface area contributed by atoms with Gasteiger partial charge in [-0.25, -0.2) is 0 Å². The van der Waals surface area contributed by atoms with E-state index in [-0.39, 0.29) is 0 Å². The van der Waals surface area contributed by atoms with Crippen molar-refractivity contribution in [3.8, 4) is 11.3 Å². The zero-order valence-corrected chi connectivity index (χ0v) is 11.9. The molecule has 0 spiro atoms. The molecule has 0 amide bonds. The van der Waals surface area contributed by atoms with Crippen molar-refractivity contribution in [2.75, 3.05) is 6.54 Å². The summed E-state index contributed by atoms with van der Waals surface area (Å²) in [4.78, 5) is 0. The summed E-state index contributed by atoms with van der Waals surface area (Å²) < 4.78 is 6.02. The van der Waals surface area contributed by atoms with Crippen LogP contribution in [0.15, 0.2) is 52.9 Å². The van der Waals surface area contributed by atoms with Crippen molar-refractivity contribution in [1.82, 2.24) is 5.32 Å². The van der Waals surface area contributed by atoms with Gasteiger partial charge in [-0.2, -0.15) is 0 Å². The summed E-state index contributed by atoms with van der Waals surface area (Å²) in [7, 11) is 0. The third-order valence-electron chi connectivity index (χ3n) is 3.53. The van der Waals surface area contributed by atoms with Crippen LogP contribution in [0.5, 0.6) is 0 Å². The summed E-state index contributed by atoms with van der Waals surface area (Å²) in [5.41, 5.74) is 4.58. The lowest BCUT2D eigenvalue weighted by molar-refractivity contribution is 0.628. The van der Waals surface area contributed by atoms with Gasteiger partial charge in [0, 0.05) is 17.5 Å². The highest BCUT2D eigenvalue weighted by molar-refractivity contribution is 5.85. The number of aryl methyl sites for hydroxylation is 1. The summed E-state index contributed by atoms with van der Waals surface area (Å²) in [6.45, 7) is 6.07. The predicted octanol–water partition coefficient (Wildman–Crippen LogP) is 4.52. The van der Waals surface area contributed by atoms with Crippen molar-refractivity contribution in [2.24, 2.45) is 0 Å². The van der Waals surface area contributed by atoms with Crippen LogP contribution in [0.2, 0.25) is 0 Å². The summed E-state index contributed by atoms with van der Waals surface area (Å²) in [5.74, 6) is 0.938. The van der Waals surface area contributed by atoms with E-state index in [9.17, 15) is 0 Å². The van der Waals surface area contributed by atoms with Gasteiger partial charge in [0.25, 0.3) is 0 Å². The van der Waals surface area contributed by atoms with E-state index in [1.54, 1.807) is 0 Å². The van der Waals surface area contributed by atoms with Gasteiger partial charge < -0.3 is 9.73 Å². The third kappa shape index (κ3) is 2.47. The quantitative estimate of drug-likeness (QED) is 0.750. The molecule has 0 saturated carbocycles. The Morgan fingerprint density at radius 2 is 1.90 bits per heavy atom. The van der Waals surface area contributed by atoms with E-state index in [0.29, 0.717) is 0 Å². The van der Waals surface area contributed by atoms with Gasteiger partial charge in [-0.3, -0.25) is 0 Å². The molecule has 3 aromatic rings. The average Bonchev–Trinajstić information content (AvgIpc) is 2.91. The number of rotatable bonds is 4. The molecule has 0 radical (unpaired) electrons. The number of hydrogen-bond donors (Lipinski definition) is 1. The molecule has 0 saturated heterocycles. The summed E-state index contributed by atoms with van der Waals surface area (Å²) >= 11 is 0. The second-order valence-corrected chi connectivity index (χ2v) is 5.08. The Balaban J connectivity index is 2.00. The molecular weight excluding hydrogens is 246 g/mol. The first kappa shape index (κ1) is 12.9. The first-order valence-electron chi connectivity index (χ1n) is 7.07. The number of hydrogen-bond acceptors (Lipinski definition) is 2. The fraction of sp³-hybridized carbons (Fsp3) is 0.222. The predicted molar refractivity (Wildman–Crippen MR) is 83.8 cm³/mol. The lowest BCUT2D eigenvalue weighted by Crippen LogP contribution is -2.11. The Bertz CT molecular complexity index is 727. The summed E-state index contributed by atoms with van der Waals surface area (Å²) in [6, 6.07) is 16.9. The molecule has 0 aliphatic heterocycles. The molecule has 20 heavy (non-hydrogen) atoms. The first-order valence-corrected chi connectivity index (χ1v) is 7.07. The molecule has 1 heterocycles. The molecule has 0 aliphatic carbocycles. The normalized spacial score (nSPS) is 11.1. The van der Waals surface area contributed by atoms with Crippen LogP contribution in [0, 0.1) is 6.92 Å². The van der Waals surface area contributed by atoms with Gasteiger partial charge >= 0.3 is 0 Å². The van der Waals surface area contributed by atoms with Gasteiger partial charge in [0.2, 0.25) is 0 Å². The molecule has 3 rings (SSSR count). The lowest BCUT2D eigenvalue weighted by atomic mass is 10.1. The maximum absolute atomic E-state index is 6.02. The molecule has 2 nitrogen and oxygen atoms in total. The van der Waals surface area contributed by atoms with Gasteiger partial charge in [-0.1, -0.05) is 43.3 Å². The van der Waals surface area contributed by atoms with Crippen LogP contribution >= 0.6 is 0 Å². The number of fused-ring (bicyclic) bond motifs is 1. The van der Waals surface area contributed by atoms with Crippen LogP contribution in [0.4, 0.5) is 0 Å². The van der Waals surface area contributed by atoms with E-state index < -0.39 is 0 Å². The molecule has 0 unspecified atom stereocenters. The Labute approximate surface area is 119 Å². The van der Waals surface area contributed by atoms with Crippen LogP contribution in [-0.4, -0.2) is 6.54 Å². The molecule has 0 atom stereocenters. The van der Waals surface area contributed by atoms with E-state index in [2.05, 4.69) is 67.7 Å².